The molecule has 5 heteroatoms. The number of nitrogens with zero attached hydrogens (tertiary/aromatic N) is 2. The summed E-state index contributed by atoms with van der Waals surface area (Å²) in [5.41, 5.74) is 4.22. The Kier molecular flexibility index (Phi) is 5.24. The van der Waals surface area contributed by atoms with E-state index >= 15 is 0 Å². The Bertz CT molecular complexity index is 838. The van der Waals surface area contributed by atoms with Crippen molar-refractivity contribution in [1.82, 2.24) is 20.1 Å². The summed E-state index contributed by atoms with van der Waals surface area (Å²) in [6.45, 7) is 12.2. The van der Waals surface area contributed by atoms with Gasteiger partial charge in [0.2, 0.25) is 0 Å². The van der Waals surface area contributed by atoms with Crippen LogP contribution in [-0.2, 0) is 6.42 Å². The minimum Gasteiger partial charge on any atom is -0.361 e. The van der Waals surface area contributed by atoms with Gasteiger partial charge in [-0.25, -0.2) is 0 Å². The Morgan fingerprint density at radius 1 is 1.41 bits per heavy atom. The van der Waals surface area contributed by atoms with Crippen LogP contribution in [0.1, 0.15) is 37.3 Å². The first-order valence-corrected chi connectivity index (χ1v) is 10.6. The molecule has 1 saturated heterocycles. The van der Waals surface area contributed by atoms with Crippen molar-refractivity contribution in [3.63, 3.8) is 0 Å². The van der Waals surface area contributed by atoms with Gasteiger partial charge in [-0.15, -0.1) is 6.58 Å². The van der Waals surface area contributed by atoms with Gasteiger partial charge in [-0.05, 0) is 56.1 Å². The fourth-order valence-electron chi connectivity index (χ4n) is 5.05. The first-order valence-electron chi connectivity index (χ1n) is 10.2. The molecule has 0 spiro atoms. The third-order valence-electron chi connectivity index (χ3n) is 6.32. The van der Waals surface area contributed by atoms with Crippen molar-refractivity contribution in [2.24, 2.45) is 0 Å². The number of piperidine rings is 1. The van der Waals surface area contributed by atoms with Crippen LogP contribution in [-0.4, -0.2) is 58.2 Å². The predicted octanol–water partition coefficient (Wildman–Crippen LogP) is 3.65. The van der Waals surface area contributed by atoms with E-state index in [4.69, 9.17) is 12.2 Å². The number of nitrogens with one attached hydrogen (secondary N) is 2. The average Bonchev–Trinajstić information content (AvgIpc) is 3.08. The number of H-pyrrole nitrogens is 1. The number of likely N-dealkylation sites (tertiary alicyclic amines) is 1. The molecule has 2 heterocycles. The van der Waals surface area contributed by atoms with E-state index in [1.54, 1.807) is 0 Å². The minimum atomic E-state index is 0.370. The molecule has 144 valence electrons. The molecule has 3 atom stereocenters. The molecule has 1 unspecified atom stereocenters. The lowest BCUT2D eigenvalue weighted by Gasteiger charge is -2.47. The van der Waals surface area contributed by atoms with Gasteiger partial charge >= 0.3 is 0 Å². The van der Waals surface area contributed by atoms with Crippen molar-refractivity contribution < 1.29 is 0 Å². The lowest BCUT2D eigenvalue weighted by molar-refractivity contribution is 0.117. The van der Waals surface area contributed by atoms with E-state index in [1.807, 2.05) is 6.08 Å². The quantitative estimate of drug-likeness (QED) is 0.611. The zero-order valence-electron chi connectivity index (χ0n) is 16.4. The number of fused-ring (bicyclic) bond motifs is 2. The Morgan fingerprint density at radius 2 is 2.22 bits per heavy atom. The highest BCUT2D eigenvalue weighted by Gasteiger charge is 2.40. The highest BCUT2D eigenvalue weighted by Crippen LogP contribution is 2.43. The first-order chi connectivity index (χ1) is 13.2. The summed E-state index contributed by atoms with van der Waals surface area (Å²) in [6.07, 6.45) is 6.48. The van der Waals surface area contributed by atoms with Crippen LogP contribution in [0, 0.1) is 0 Å². The first kappa shape index (κ1) is 18.5. The van der Waals surface area contributed by atoms with Crippen molar-refractivity contribution in [2.75, 3.05) is 26.2 Å². The molecule has 2 aromatic rings. The molecule has 4 rings (SSSR count). The van der Waals surface area contributed by atoms with Crippen LogP contribution in [0.2, 0.25) is 0 Å². The van der Waals surface area contributed by atoms with E-state index in [0.29, 0.717) is 18.0 Å². The Balaban J connectivity index is 1.63. The zero-order chi connectivity index (χ0) is 19.0. The number of thiocarbonyl (C=S) groups is 1. The summed E-state index contributed by atoms with van der Waals surface area (Å²) in [6, 6.07) is 7.62. The molecule has 0 saturated carbocycles. The van der Waals surface area contributed by atoms with E-state index < -0.39 is 0 Å². The molecular weight excluding hydrogens is 352 g/mol. The van der Waals surface area contributed by atoms with Crippen LogP contribution in [0.4, 0.5) is 0 Å². The van der Waals surface area contributed by atoms with Crippen LogP contribution in [0.15, 0.2) is 37.1 Å². The second-order valence-electron chi connectivity index (χ2n) is 7.76. The second kappa shape index (κ2) is 7.64. The molecule has 4 nitrogen and oxygen atoms in total. The van der Waals surface area contributed by atoms with Crippen LogP contribution in [0.5, 0.6) is 0 Å². The molecule has 1 aliphatic carbocycles. The topological polar surface area (TPSA) is 34.3 Å². The van der Waals surface area contributed by atoms with Gasteiger partial charge in [0.05, 0.1) is 0 Å². The highest BCUT2D eigenvalue weighted by atomic mass is 32.1. The monoisotopic (exact) mass is 382 g/mol. The molecule has 1 aliphatic heterocycles. The van der Waals surface area contributed by atoms with Crippen LogP contribution < -0.4 is 5.32 Å². The van der Waals surface area contributed by atoms with Gasteiger partial charge in [0.1, 0.15) is 0 Å². The summed E-state index contributed by atoms with van der Waals surface area (Å²) in [5.74, 6) is 0.530. The summed E-state index contributed by atoms with van der Waals surface area (Å²) >= 11 is 5.69. The molecule has 1 aromatic carbocycles. The highest BCUT2D eigenvalue weighted by molar-refractivity contribution is 7.80. The van der Waals surface area contributed by atoms with E-state index in [9.17, 15) is 0 Å². The van der Waals surface area contributed by atoms with E-state index in [1.165, 1.54) is 22.0 Å². The van der Waals surface area contributed by atoms with Crippen LogP contribution in [0.25, 0.3) is 10.9 Å². The van der Waals surface area contributed by atoms with Crippen LogP contribution in [0.3, 0.4) is 0 Å². The molecule has 0 bridgehead atoms. The third kappa shape index (κ3) is 3.27. The fraction of sp³-hybridized carbons (Fsp3) is 0.500. The zero-order valence-corrected chi connectivity index (χ0v) is 17.2. The van der Waals surface area contributed by atoms with Crippen LogP contribution >= 0.6 is 12.2 Å². The van der Waals surface area contributed by atoms with E-state index in [-0.39, 0.29) is 0 Å². The SMILES string of the molecule is C=CCN1C[C@@H](NC(=S)N(CC)CC)CC2c3cccc4[nH]cc(c34)C[C@H]21. The smallest absolute Gasteiger partial charge is 0.169 e. The Hall–Kier alpha value is -1.85. The maximum atomic E-state index is 5.69. The molecule has 0 radical (unpaired) electrons. The van der Waals surface area contributed by atoms with Gasteiger partial charge in [-0.2, -0.15) is 0 Å². The molecule has 0 amide bonds. The van der Waals surface area contributed by atoms with Crippen molar-refractivity contribution in [3.05, 3.63) is 48.2 Å². The maximum Gasteiger partial charge on any atom is 0.169 e. The van der Waals surface area contributed by atoms with E-state index in [2.05, 4.69) is 64.9 Å². The van der Waals surface area contributed by atoms with Crippen molar-refractivity contribution in [2.45, 2.75) is 44.7 Å². The summed E-state index contributed by atoms with van der Waals surface area (Å²) in [5, 5.41) is 6.00. The number of rotatable bonds is 5. The fourth-order valence-corrected chi connectivity index (χ4v) is 5.48. The van der Waals surface area contributed by atoms with Gasteiger partial charge in [0, 0.05) is 61.3 Å². The largest absolute Gasteiger partial charge is 0.361 e. The average molecular weight is 383 g/mol. The molecule has 1 fully saturated rings. The number of hydrogen-bond acceptors (Lipinski definition) is 2. The normalized spacial score (nSPS) is 24.4. The molecule has 2 N–H and O–H groups in total. The number of hydrogen-bond donors (Lipinski definition) is 2. The molecule has 27 heavy (non-hydrogen) atoms. The van der Waals surface area contributed by atoms with Gasteiger partial charge in [0.25, 0.3) is 0 Å². The van der Waals surface area contributed by atoms with Gasteiger partial charge in [0.15, 0.2) is 5.11 Å². The minimum absolute atomic E-state index is 0.370. The second-order valence-corrected chi connectivity index (χ2v) is 8.15. The van der Waals surface area contributed by atoms with Crippen molar-refractivity contribution in [1.29, 1.82) is 0 Å². The Morgan fingerprint density at radius 3 is 2.96 bits per heavy atom. The third-order valence-corrected chi connectivity index (χ3v) is 6.69. The summed E-state index contributed by atoms with van der Waals surface area (Å²) in [4.78, 5) is 8.29. The van der Waals surface area contributed by atoms with Gasteiger partial charge in [-0.3, -0.25) is 4.90 Å². The standard InChI is InChI=1S/C22H30N4S/c1-4-10-26-14-16(24-22(27)25(5-2)6-3)12-18-17-8-7-9-19-21(17)15(13-23-19)11-20(18)26/h4,7-9,13,16,18,20,23H,1,5-6,10-12,14H2,2-3H3,(H,24,27)/t16-,18?,20+/m0/s1. The number of benzene rings is 1. The lowest BCUT2D eigenvalue weighted by atomic mass is 9.74. The van der Waals surface area contributed by atoms with Gasteiger partial charge in [-0.1, -0.05) is 18.2 Å². The molecule has 2 aliphatic rings. The number of aromatic nitrogens is 1. The number of aromatic amines is 1. The van der Waals surface area contributed by atoms with Gasteiger partial charge < -0.3 is 15.2 Å². The van der Waals surface area contributed by atoms with Crippen molar-refractivity contribution in [3.8, 4) is 0 Å². The Labute approximate surface area is 167 Å². The molecule has 1 aromatic heterocycles. The molecular formula is C22H30N4S. The lowest BCUT2D eigenvalue weighted by Crippen LogP contribution is -2.57. The van der Waals surface area contributed by atoms with E-state index in [0.717, 1.165) is 44.1 Å². The maximum absolute atomic E-state index is 5.69. The predicted molar refractivity (Wildman–Crippen MR) is 117 cm³/mol. The summed E-state index contributed by atoms with van der Waals surface area (Å²) < 4.78 is 0. The van der Waals surface area contributed by atoms with Crippen molar-refractivity contribution >= 4 is 28.2 Å². The summed E-state index contributed by atoms with van der Waals surface area (Å²) in [7, 11) is 0.